The Labute approximate surface area is 123 Å². The van der Waals surface area contributed by atoms with E-state index in [0.29, 0.717) is 32.7 Å². The molecule has 0 saturated carbocycles. The molecule has 4 nitrogen and oxygen atoms in total. The summed E-state index contributed by atoms with van der Waals surface area (Å²) < 4.78 is 2.75. The first-order valence-electron chi connectivity index (χ1n) is 5.27. The van der Waals surface area contributed by atoms with Crippen molar-refractivity contribution in [3.63, 3.8) is 0 Å². The molecular weight excluding hydrogens is 307 g/mol. The number of aldehydes is 1. The zero-order chi connectivity index (χ0) is 14.2. The molecule has 0 N–H and O–H groups in total. The molecular formula is C12H10Cl2N2O2S. The zero-order valence-electron chi connectivity index (χ0n) is 10.2. The van der Waals surface area contributed by atoms with Crippen molar-refractivity contribution < 1.29 is 4.79 Å². The summed E-state index contributed by atoms with van der Waals surface area (Å²) in [6.45, 7) is 0. The highest BCUT2D eigenvalue weighted by Gasteiger charge is 2.18. The van der Waals surface area contributed by atoms with Crippen molar-refractivity contribution in [2.45, 2.75) is 5.03 Å². The Morgan fingerprint density at radius 2 is 1.95 bits per heavy atom. The number of benzene rings is 1. The molecule has 1 aromatic heterocycles. The largest absolute Gasteiger partial charge is 0.333 e. The Morgan fingerprint density at radius 3 is 2.47 bits per heavy atom. The third kappa shape index (κ3) is 2.33. The average molecular weight is 317 g/mol. The predicted molar refractivity (Wildman–Crippen MR) is 78.2 cm³/mol. The number of hydrogen-bond donors (Lipinski definition) is 0. The molecule has 0 amide bonds. The van der Waals surface area contributed by atoms with Crippen molar-refractivity contribution in [1.29, 1.82) is 0 Å². The summed E-state index contributed by atoms with van der Waals surface area (Å²) in [4.78, 5) is 23.3. The van der Waals surface area contributed by atoms with Gasteiger partial charge in [0, 0.05) is 7.05 Å². The van der Waals surface area contributed by atoms with Crippen molar-refractivity contribution >= 4 is 41.2 Å². The van der Waals surface area contributed by atoms with Crippen LogP contribution in [0.3, 0.4) is 0 Å². The van der Waals surface area contributed by atoms with Gasteiger partial charge < -0.3 is 0 Å². The minimum atomic E-state index is -0.301. The Balaban J connectivity index is 2.78. The van der Waals surface area contributed by atoms with Crippen LogP contribution in [-0.4, -0.2) is 21.7 Å². The molecule has 0 aliphatic rings. The molecule has 0 unspecified atom stereocenters. The molecule has 1 heterocycles. The molecule has 2 aromatic rings. The van der Waals surface area contributed by atoms with E-state index in [1.807, 2.05) is 0 Å². The maximum atomic E-state index is 12.2. The number of halogens is 2. The normalized spacial score (nSPS) is 10.7. The van der Waals surface area contributed by atoms with Gasteiger partial charge in [-0.2, -0.15) is 0 Å². The number of carbonyl (C=O) groups excluding carboxylic acids is 1. The van der Waals surface area contributed by atoms with E-state index in [9.17, 15) is 9.59 Å². The van der Waals surface area contributed by atoms with E-state index in [1.54, 1.807) is 31.5 Å². The standard InChI is InChI=1S/C12H10Cl2N2O2S/c1-15-10(6-17)11(19-2)16(12(15)18)7-3-4-8(13)9(14)5-7/h3-6H,1-2H3. The smallest absolute Gasteiger partial charge is 0.296 e. The SMILES string of the molecule is CSc1c(C=O)n(C)c(=O)n1-c1ccc(Cl)c(Cl)c1. The molecule has 0 fully saturated rings. The topological polar surface area (TPSA) is 44.0 Å². The number of hydrogen-bond acceptors (Lipinski definition) is 3. The summed E-state index contributed by atoms with van der Waals surface area (Å²) in [6.07, 6.45) is 2.47. The summed E-state index contributed by atoms with van der Waals surface area (Å²) in [5.41, 5.74) is 0.612. The number of thioether (sulfide) groups is 1. The lowest BCUT2D eigenvalue weighted by molar-refractivity contribution is 0.111. The number of aromatic nitrogens is 2. The Kier molecular flexibility index (Phi) is 4.08. The van der Waals surface area contributed by atoms with Gasteiger partial charge in [0.05, 0.1) is 15.7 Å². The maximum absolute atomic E-state index is 12.2. The van der Waals surface area contributed by atoms with Crippen molar-refractivity contribution in [3.8, 4) is 5.69 Å². The first-order chi connectivity index (χ1) is 9.01. The second-order valence-corrected chi connectivity index (χ2v) is 5.40. The van der Waals surface area contributed by atoms with Gasteiger partial charge in [-0.05, 0) is 24.5 Å². The van der Waals surface area contributed by atoms with Crippen LogP contribution >= 0.6 is 35.0 Å². The van der Waals surface area contributed by atoms with Gasteiger partial charge in [-0.3, -0.25) is 13.9 Å². The highest BCUT2D eigenvalue weighted by molar-refractivity contribution is 7.98. The van der Waals surface area contributed by atoms with E-state index in [4.69, 9.17) is 23.2 Å². The molecule has 0 atom stereocenters. The maximum Gasteiger partial charge on any atom is 0.333 e. The monoisotopic (exact) mass is 316 g/mol. The first-order valence-corrected chi connectivity index (χ1v) is 7.25. The fraction of sp³-hybridized carbons (Fsp3) is 0.167. The molecule has 2 rings (SSSR count). The number of imidazole rings is 1. The van der Waals surface area contributed by atoms with Crippen molar-refractivity contribution in [3.05, 3.63) is 44.4 Å². The minimum absolute atomic E-state index is 0.301. The zero-order valence-corrected chi connectivity index (χ0v) is 12.5. The molecule has 7 heteroatoms. The summed E-state index contributed by atoms with van der Waals surface area (Å²) in [7, 11) is 1.56. The lowest BCUT2D eigenvalue weighted by atomic mass is 10.3. The third-order valence-electron chi connectivity index (χ3n) is 2.73. The second kappa shape index (κ2) is 5.45. The molecule has 0 saturated heterocycles. The summed E-state index contributed by atoms with van der Waals surface area (Å²) in [5, 5.41) is 1.34. The van der Waals surface area contributed by atoms with Crippen molar-refractivity contribution in [2.75, 3.05) is 6.26 Å². The Bertz CT molecular complexity index is 706. The van der Waals surface area contributed by atoms with Crippen LogP contribution in [0, 0.1) is 0 Å². The van der Waals surface area contributed by atoms with Crippen LogP contribution in [0.2, 0.25) is 10.0 Å². The molecule has 0 bridgehead atoms. The summed E-state index contributed by atoms with van der Waals surface area (Å²) in [6, 6.07) is 4.90. The van der Waals surface area contributed by atoms with Crippen LogP contribution in [0.5, 0.6) is 0 Å². The lowest BCUT2D eigenvalue weighted by Crippen LogP contribution is -2.21. The van der Waals surface area contributed by atoms with Gasteiger partial charge in [-0.1, -0.05) is 23.2 Å². The van der Waals surface area contributed by atoms with Crippen LogP contribution in [0.25, 0.3) is 5.69 Å². The van der Waals surface area contributed by atoms with Gasteiger partial charge >= 0.3 is 5.69 Å². The van der Waals surface area contributed by atoms with E-state index < -0.39 is 0 Å². The van der Waals surface area contributed by atoms with Crippen LogP contribution < -0.4 is 5.69 Å². The molecule has 100 valence electrons. The molecule has 0 radical (unpaired) electrons. The number of rotatable bonds is 3. The van der Waals surface area contributed by atoms with Crippen molar-refractivity contribution in [1.82, 2.24) is 9.13 Å². The minimum Gasteiger partial charge on any atom is -0.296 e. The Morgan fingerprint density at radius 1 is 1.26 bits per heavy atom. The number of carbonyl (C=O) groups is 1. The Hall–Kier alpha value is -1.17. The summed E-state index contributed by atoms with van der Waals surface area (Å²) >= 11 is 13.1. The van der Waals surface area contributed by atoms with E-state index in [0.717, 1.165) is 0 Å². The second-order valence-electron chi connectivity index (χ2n) is 3.79. The van der Waals surface area contributed by atoms with E-state index in [1.165, 1.54) is 20.9 Å². The molecule has 0 aliphatic carbocycles. The van der Waals surface area contributed by atoms with E-state index >= 15 is 0 Å². The van der Waals surface area contributed by atoms with Crippen LogP contribution in [0.4, 0.5) is 0 Å². The highest BCUT2D eigenvalue weighted by atomic mass is 35.5. The van der Waals surface area contributed by atoms with Crippen molar-refractivity contribution in [2.24, 2.45) is 7.05 Å². The molecule has 0 spiro atoms. The van der Waals surface area contributed by atoms with Crippen LogP contribution in [-0.2, 0) is 7.05 Å². The van der Waals surface area contributed by atoms with Gasteiger partial charge in [0.1, 0.15) is 10.7 Å². The van der Waals surface area contributed by atoms with E-state index in [2.05, 4.69) is 0 Å². The lowest BCUT2D eigenvalue weighted by Gasteiger charge is -2.06. The number of nitrogens with zero attached hydrogens (tertiary/aromatic N) is 2. The van der Waals surface area contributed by atoms with Gasteiger partial charge in [0.2, 0.25) is 0 Å². The first kappa shape index (κ1) is 14.2. The molecule has 19 heavy (non-hydrogen) atoms. The van der Waals surface area contributed by atoms with Gasteiger partial charge in [0.15, 0.2) is 6.29 Å². The quantitative estimate of drug-likeness (QED) is 0.646. The summed E-state index contributed by atoms with van der Waals surface area (Å²) in [5.74, 6) is 0. The van der Waals surface area contributed by atoms with Gasteiger partial charge in [-0.25, -0.2) is 4.79 Å². The van der Waals surface area contributed by atoms with Crippen LogP contribution in [0.1, 0.15) is 10.5 Å². The van der Waals surface area contributed by atoms with Crippen LogP contribution in [0.15, 0.2) is 28.0 Å². The van der Waals surface area contributed by atoms with Gasteiger partial charge in [-0.15, -0.1) is 11.8 Å². The van der Waals surface area contributed by atoms with Gasteiger partial charge in [0.25, 0.3) is 0 Å². The highest BCUT2D eigenvalue weighted by Crippen LogP contribution is 2.27. The fourth-order valence-electron chi connectivity index (χ4n) is 1.78. The average Bonchev–Trinajstić information content (AvgIpc) is 2.64. The van der Waals surface area contributed by atoms with E-state index in [-0.39, 0.29) is 5.69 Å². The third-order valence-corrected chi connectivity index (χ3v) is 4.25. The molecule has 1 aromatic carbocycles. The molecule has 0 aliphatic heterocycles. The predicted octanol–water partition coefficient (Wildman–Crippen LogP) is 3.02. The fourth-order valence-corrected chi connectivity index (χ4v) is 2.83.